The Balaban J connectivity index is 1.36. The number of halogens is 1. The van der Waals surface area contributed by atoms with Crippen LogP contribution < -0.4 is 4.74 Å². The second kappa shape index (κ2) is 6.89. The van der Waals surface area contributed by atoms with Crippen LogP contribution in [0.25, 0.3) is 0 Å². The van der Waals surface area contributed by atoms with Crippen LogP contribution in [-0.4, -0.2) is 46.3 Å². The molecule has 5 aliphatic rings. The lowest BCUT2D eigenvalue weighted by atomic mass is 9.45. The van der Waals surface area contributed by atoms with Gasteiger partial charge in [0.25, 0.3) is 5.79 Å². The van der Waals surface area contributed by atoms with Gasteiger partial charge < -0.3 is 19.7 Å². The largest absolute Gasteiger partial charge is 0.457 e. The van der Waals surface area contributed by atoms with Crippen LogP contribution in [0.4, 0.5) is 4.39 Å². The number of fused-ring (bicyclic) bond motifs is 5. The van der Waals surface area contributed by atoms with E-state index in [1.807, 2.05) is 44.2 Å². The molecule has 3 unspecified atom stereocenters. The Bertz CT molecular complexity index is 1010. The standard InChI is InChI=1S/C27H33FO5/c1-24-10-8-16(29)12-20(24)21(28)13-18-19-9-11-26(31,25(19,2)14-22(30)23(18)24)27(15-32-27)33-17-6-4-3-5-7-17/h3-7,12,18-19,21-23,30-31H,8-11,13-15H2,1-2H3/t18-,19-,21?,22?,23+,24-,25-,26+,27?/m0/s1. The van der Waals surface area contributed by atoms with Gasteiger partial charge in [-0.2, -0.15) is 0 Å². The Morgan fingerprint density at radius 1 is 1.18 bits per heavy atom. The monoisotopic (exact) mass is 456 g/mol. The van der Waals surface area contributed by atoms with Crippen molar-refractivity contribution in [2.45, 2.75) is 76.0 Å². The van der Waals surface area contributed by atoms with Crippen molar-refractivity contribution >= 4 is 5.78 Å². The summed E-state index contributed by atoms with van der Waals surface area (Å²) in [5.74, 6) is -0.646. The van der Waals surface area contributed by atoms with Crippen molar-refractivity contribution in [3.8, 4) is 5.75 Å². The lowest BCUT2D eigenvalue weighted by Gasteiger charge is -2.61. The van der Waals surface area contributed by atoms with Crippen molar-refractivity contribution in [3.05, 3.63) is 42.0 Å². The number of ether oxygens (including phenoxy) is 2. The fraction of sp³-hybridized carbons (Fsp3) is 0.667. The van der Waals surface area contributed by atoms with Crippen molar-refractivity contribution in [2.75, 3.05) is 6.61 Å². The number of ketones is 1. The molecule has 33 heavy (non-hydrogen) atoms. The molecule has 0 aromatic heterocycles. The molecule has 5 nitrogen and oxygen atoms in total. The zero-order valence-corrected chi connectivity index (χ0v) is 19.3. The van der Waals surface area contributed by atoms with Crippen molar-refractivity contribution in [2.24, 2.45) is 28.6 Å². The number of allylic oxidation sites excluding steroid dienone is 1. The maximum Gasteiger partial charge on any atom is 0.264 e. The molecule has 1 heterocycles. The minimum Gasteiger partial charge on any atom is -0.457 e. The molecule has 178 valence electrons. The number of aliphatic hydroxyl groups is 2. The smallest absolute Gasteiger partial charge is 0.264 e. The van der Waals surface area contributed by atoms with Gasteiger partial charge in [-0.3, -0.25) is 4.79 Å². The zero-order chi connectivity index (χ0) is 23.2. The predicted octanol–water partition coefficient (Wildman–Crippen LogP) is 3.97. The molecule has 0 bridgehead atoms. The third-order valence-electron chi connectivity index (χ3n) is 10.1. The van der Waals surface area contributed by atoms with Crippen LogP contribution >= 0.6 is 0 Å². The average molecular weight is 457 g/mol. The van der Waals surface area contributed by atoms with Crippen LogP contribution in [0.15, 0.2) is 42.0 Å². The highest BCUT2D eigenvalue weighted by atomic mass is 19.1. The van der Waals surface area contributed by atoms with E-state index in [1.54, 1.807) is 0 Å². The molecule has 6 heteroatoms. The van der Waals surface area contributed by atoms with Crippen LogP contribution in [0, 0.1) is 28.6 Å². The molecule has 1 aromatic carbocycles. The van der Waals surface area contributed by atoms with Gasteiger partial charge in [-0.1, -0.05) is 32.0 Å². The van der Waals surface area contributed by atoms with Gasteiger partial charge in [0.1, 0.15) is 24.1 Å². The molecule has 1 aromatic rings. The SMILES string of the molecule is C[C@]12CCC(=O)C=C1C(F)C[C@@H]1[C@@H]2C(O)C[C@@]2(C)[C@H]1CC[C@]2(O)C1(Oc2ccccc2)CO1. The molecule has 9 atom stereocenters. The number of rotatable bonds is 3. The Hall–Kier alpha value is -1.76. The van der Waals surface area contributed by atoms with Gasteiger partial charge >= 0.3 is 0 Å². The maximum atomic E-state index is 15.5. The van der Waals surface area contributed by atoms with Crippen molar-refractivity contribution < 1.29 is 28.9 Å². The van der Waals surface area contributed by atoms with Gasteiger partial charge in [0.2, 0.25) is 0 Å². The summed E-state index contributed by atoms with van der Waals surface area (Å²) in [4.78, 5) is 12.1. The highest BCUT2D eigenvalue weighted by molar-refractivity contribution is 5.91. The molecule has 2 N–H and O–H groups in total. The predicted molar refractivity (Wildman–Crippen MR) is 119 cm³/mol. The van der Waals surface area contributed by atoms with Gasteiger partial charge in [0.15, 0.2) is 5.78 Å². The summed E-state index contributed by atoms with van der Waals surface area (Å²) in [5.41, 5.74) is -1.89. The van der Waals surface area contributed by atoms with Gasteiger partial charge in [-0.25, -0.2) is 4.39 Å². The van der Waals surface area contributed by atoms with E-state index in [2.05, 4.69) is 0 Å². The van der Waals surface area contributed by atoms with Gasteiger partial charge in [-0.05, 0) is 79.1 Å². The number of carbonyl (C=O) groups is 1. The third-order valence-corrected chi connectivity index (χ3v) is 10.1. The van der Waals surface area contributed by atoms with E-state index >= 15 is 4.39 Å². The molecule has 0 amide bonds. The number of carbonyl (C=O) groups excluding carboxylic acids is 1. The van der Waals surface area contributed by atoms with E-state index in [4.69, 9.17) is 9.47 Å². The lowest BCUT2D eigenvalue weighted by Crippen LogP contribution is -2.65. The maximum absolute atomic E-state index is 15.5. The van der Waals surface area contributed by atoms with Crippen LogP contribution in [0.5, 0.6) is 5.75 Å². The zero-order valence-electron chi connectivity index (χ0n) is 19.3. The van der Waals surface area contributed by atoms with E-state index in [0.717, 1.165) is 6.42 Å². The number of alkyl halides is 1. The Morgan fingerprint density at radius 3 is 2.61 bits per heavy atom. The number of hydrogen-bond acceptors (Lipinski definition) is 5. The van der Waals surface area contributed by atoms with E-state index in [9.17, 15) is 15.0 Å². The molecule has 1 saturated heterocycles. The van der Waals surface area contributed by atoms with Crippen LogP contribution in [0.3, 0.4) is 0 Å². The highest BCUT2D eigenvalue weighted by Gasteiger charge is 2.77. The quantitative estimate of drug-likeness (QED) is 0.673. The van der Waals surface area contributed by atoms with Gasteiger partial charge in [0.05, 0.1) is 6.10 Å². The normalized spacial score (nSPS) is 50.6. The number of benzene rings is 1. The molecule has 1 aliphatic heterocycles. The first kappa shape index (κ1) is 21.8. The van der Waals surface area contributed by atoms with Crippen LogP contribution in [-0.2, 0) is 9.53 Å². The number of epoxide rings is 1. The first-order chi connectivity index (χ1) is 15.6. The minimum absolute atomic E-state index is 0.0140. The van der Waals surface area contributed by atoms with E-state index in [0.29, 0.717) is 50.0 Å². The first-order valence-electron chi connectivity index (χ1n) is 12.3. The van der Waals surface area contributed by atoms with Crippen LogP contribution in [0.2, 0.25) is 0 Å². The van der Waals surface area contributed by atoms with E-state index in [-0.39, 0.29) is 23.5 Å². The Morgan fingerprint density at radius 2 is 1.91 bits per heavy atom. The summed E-state index contributed by atoms with van der Waals surface area (Å²) in [7, 11) is 0. The van der Waals surface area contributed by atoms with Crippen LogP contribution in [0.1, 0.15) is 52.4 Å². The van der Waals surface area contributed by atoms with E-state index < -0.39 is 34.5 Å². The lowest BCUT2D eigenvalue weighted by molar-refractivity contribution is -0.228. The van der Waals surface area contributed by atoms with Crippen molar-refractivity contribution in [1.82, 2.24) is 0 Å². The second-order valence-electron chi connectivity index (χ2n) is 11.5. The Labute approximate surface area is 194 Å². The molecule has 0 radical (unpaired) electrons. The summed E-state index contributed by atoms with van der Waals surface area (Å²) in [6, 6.07) is 9.37. The second-order valence-corrected chi connectivity index (χ2v) is 11.5. The Kier molecular flexibility index (Phi) is 4.54. The molecular formula is C27H33FO5. The third kappa shape index (κ3) is 2.77. The number of hydrogen-bond donors (Lipinski definition) is 2. The fourth-order valence-electron chi connectivity index (χ4n) is 8.45. The first-order valence-corrected chi connectivity index (χ1v) is 12.3. The highest BCUT2D eigenvalue weighted by Crippen LogP contribution is 2.70. The van der Waals surface area contributed by atoms with E-state index in [1.165, 1.54) is 6.08 Å². The number of aliphatic hydroxyl groups excluding tert-OH is 1. The summed E-state index contributed by atoms with van der Waals surface area (Å²) in [6.45, 7) is 4.36. The molecule has 4 fully saturated rings. The summed E-state index contributed by atoms with van der Waals surface area (Å²) in [6.07, 6.45) is 2.54. The average Bonchev–Trinajstić information content (AvgIpc) is 3.50. The van der Waals surface area contributed by atoms with Crippen molar-refractivity contribution in [1.29, 1.82) is 0 Å². The summed E-state index contributed by atoms with van der Waals surface area (Å²) < 4.78 is 27.6. The number of para-hydroxylation sites is 1. The molecule has 6 rings (SSSR count). The molecule has 3 saturated carbocycles. The molecular weight excluding hydrogens is 423 g/mol. The summed E-state index contributed by atoms with van der Waals surface area (Å²) in [5, 5.41) is 23.7. The minimum atomic E-state index is -1.28. The van der Waals surface area contributed by atoms with Crippen molar-refractivity contribution in [3.63, 3.8) is 0 Å². The molecule has 4 aliphatic carbocycles. The topological polar surface area (TPSA) is 79.3 Å². The molecule has 0 spiro atoms. The summed E-state index contributed by atoms with van der Waals surface area (Å²) >= 11 is 0. The van der Waals surface area contributed by atoms with Gasteiger partial charge in [-0.15, -0.1) is 0 Å². The van der Waals surface area contributed by atoms with Gasteiger partial charge in [0, 0.05) is 11.8 Å². The fourth-order valence-corrected chi connectivity index (χ4v) is 8.45.